The summed E-state index contributed by atoms with van der Waals surface area (Å²) < 4.78 is 12.4. The molecule has 0 unspecified atom stereocenters. The Bertz CT molecular complexity index is 607. The van der Waals surface area contributed by atoms with Crippen molar-refractivity contribution in [2.75, 3.05) is 0 Å². The van der Waals surface area contributed by atoms with Crippen LogP contribution in [0.25, 0.3) is 10.8 Å². The number of rotatable bonds is 4. The molecule has 2 saturated carbocycles. The standard InChI is InChI=1S/C22H28O2/c1-3-7-19(8-4-1)23-21-13-11-18-16-22(14-12-17(18)15-21)24-20-9-5-2-6-10-20/h11-16,19-20H,1-10H2. The number of hydrogen-bond donors (Lipinski definition) is 0. The van der Waals surface area contributed by atoms with Crippen LogP contribution in [0.3, 0.4) is 0 Å². The number of ether oxygens (including phenoxy) is 2. The Balaban J connectivity index is 1.45. The van der Waals surface area contributed by atoms with Crippen LogP contribution in [0.15, 0.2) is 36.4 Å². The van der Waals surface area contributed by atoms with Crippen molar-refractivity contribution in [1.82, 2.24) is 0 Å². The van der Waals surface area contributed by atoms with Crippen molar-refractivity contribution in [2.24, 2.45) is 0 Å². The predicted molar refractivity (Wildman–Crippen MR) is 99.0 cm³/mol. The fourth-order valence-electron chi connectivity index (χ4n) is 4.10. The molecule has 2 heteroatoms. The molecule has 128 valence electrons. The molecule has 2 aliphatic rings. The van der Waals surface area contributed by atoms with Crippen molar-refractivity contribution in [3.63, 3.8) is 0 Å². The van der Waals surface area contributed by atoms with Gasteiger partial charge >= 0.3 is 0 Å². The van der Waals surface area contributed by atoms with E-state index in [4.69, 9.17) is 9.47 Å². The Labute approximate surface area is 145 Å². The zero-order valence-electron chi connectivity index (χ0n) is 14.5. The second-order valence-electron chi connectivity index (χ2n) is 7.43. The molecule has 2 nitrogen and oxygen atoms in total. The van der Waals surface area contributed by atoms with Gasteiger partial charge in [-0.25, -0.2) is 0 Å². The SMILES string of the molecule is c1cc2cc(OC3CCCCC3)ccc2cc1OC1CCCCC1. The van der Waals surface area contributed by atoms with Crippen LogP contribution in [-0.2, 0) is 0 Å². The molecule has 0 aliphatic heterocycles. The van der Waals surface area contributed by atoms with Crippen LogP contribution in [-0.4, -0.2) is 12.2 Å². The molecule has 2 aromatic rings. The summed E-state index contributed by atoms with van der Waals surface area (Å²) in [6.45, 7) is 0. The Kier molecular flexibility index (Phi) is 4.91. The number of fused-ring (bicyclic) bond motifs is 1. The minimum Gasteiger partial charge on any atom is -0.490 e. The molecule has 2 aromatic carbocycles. The third-order valence-electron chi connectivity index (χ3n) is 5.49. The Morgan fingerprint density at radius 2 is 0.958 bits per heavy atom. The van der Waals surface area contributed by atoms with Gasteiger partial charge in [0.15, 0.2) is 0 Å². The highest BCUT2D eigenvalue weighted by molar-refractivity contribution is 5.85. The third kappa shape index (κ3) is 3.85. The number of benzene rings is 2. The molecule has 2 fully saturated rings. The number of hydrogen-bond acceptors (Lipinski definition) is 2. The first-order chi connectivity index (χ1) is 11.9. The van der Waals surface area contributed by atoms with Gasteiger partial charge in [-0.2, -0.15) is 0 Å². The van der Waals surface area contributed by atoms with Crippen LogP contribution in [0.5, 0.6) is 11.5 Å². The lowest BCUT2D eigenvalue weighted by Gasteiger charge is -2.24. The summed E-state index contributed by atoms with van der Waals surface area (Å²) >= 11 is 0. The smallest absolute Gasteiger partial charge is 0.120 e. The van der Waals surface area contributed by atoms with Gasteiger partial charge < -0.3 is 9.47 Å². The quantitative estimate of drug-likeness (QED) is 0.660. The maximum Gasteiger partial charge on any atom is 0.120 e. The first-order valence-corrected chi connectivity index (χ1v) is 9.74. The van der Waals surface area contributed by atoms with Gasteiger partial charge in [-0.15, -0.1) is 0 Å². The summed E-state index contributed by atoms with van der Waals surface area (Å²) in [6.07, 6.45) is 13.6. The maximum atomic E-state index is 6.18. The molecule has 0 bridgehead atoms. The Morgan fingerprint density at radius 3 is 1.38 bits per heavy atom. The van der Waals surface area contributed by atoms with Gasteiger partial charge in [-0.1, -0.05) is 25.0 Å². The van der Waals surface area contributed by atoms with E-state index < -0.39 is 0 Å². The topological polar surface area (TPSA) is 18.5 Å². The summed E-state index contributed by atoms with van der Waals surface area (Å²) in [7, 11) is 0. The van der Waals surface area contributed by atoms with Crippen LogP contribution < -0.4 is 9.47 Å². The van der Waals surface area contributed by atoms with Crippen molar-refractivity contribution < 1.29 is 9.47 Å². The largest absolute Gasteiger partial charge is 0.490 e. The zero-order valence-corrected chi connectivity index (χ0v) is 14.5. The normalized spacial score (nSPS) is 20.2. The van der Waals surface area contributed by atoms with Gasteiger partial charge in [0.1, 0.15) is 11.5 Å². The van der Waals surface area contributed by atoms with Gasteiger partial charge in [0.25, 0.3) is 0 Å². The van der Waals surface area contributed by atoms with Crippen LogP contribution in [0.4, 0.5) is 0 Å². The molecule has 4 rings (SSSR count). The third-order valence-corrected chi connectivity index (χ3v) is 5.49. The van der Waals surface area contributed by atoms with E-state index in [-0.39, 0.29) is 0 Å². The fourth-order valence-corrected chi connectivity index (χ4v) is 4.10. The van der Waals surface area contributed by atoms with Crippen molar-refractivity contribution in [3.8, 4) is 11.5 Å². The van der Waals surface area contributed by atoms with E-state index in [1.807, 2.05) is 0 Å². The summed E-state index contributed by atoms with van der Waals surface area (Å²) in [5, 5.41) is 2.47. The summed E-state index contributed by atoms with van der Waals surface area (Å²) in [5.41, 5.74) is 0. The van der Waals surface area contributed by atoms with Gasteiger partial charge in [0, 0.05) is 0 Å². The molecule has 0 saturated heterocycles. The van der Waals surface area contributed by atoms with Gasteiger partial charge in [-0.3, -0.25) is 0 Å². The lowest BCUT2D eigenvalue weighted by Crippen LogP contribution is -2.19. The van der Waals surface area contributed by atoms with Crippen LogP contribution in [0.2, 0.25) is 0 Å². The van der Waals surface area contributed by atoms with E-state index in [9.17, 15) is 0 Å². The maximum absolute atomic E-state index is 6.18. The van der Waals surface area contributed by atoms with Crippen molar-refractivity contribution in [1.29, 1.82) is 0 Å². The minimum atomic E-state index is 0.408. The zero-order chi connectivity index (χ0) is 16.2. The average Bonchev–Trinajstić information content (AvgIpc) is 2.64. The van der Waals surface area contributed by atoms with E-state index in [1.165, 1.54) is 75.0 Å². The lowest BCUT2D eigenvalue weighted by atomic mass is 9.97. The summed E-state index contributed by atoms with van der Waals surface area (Å²) in [6, 6.07) is 12.9. The monoisotopic (exact) mass is 324 g/mol. The predicted octanol–water partition coefficient (Wildman–Crippen LogP) is 6.26. The lowest BCUT2D eigenvalue weighted by molar-refractivity contribution is 0.154. The molecule has 0 aromatic heterocycles. The van der Waals surface area contributed by atoms with E-state index >= 15 is 0 Å². The highest BCUT2D eigenvalue weighted by Crippen LogP contribution is 2.30. The van der Waals surface area contributed by atoms with Crippen molar-refractivity contribution in [2.45, 2.75) is 76.4 Å². The molecule has 0 N–H and O–H groups in total. The first kappa shape index (κ1) is 15.8. The molecular formula is C22H28O2. The van der Waals surface area contributed by atoms with Gasteiger partial charge in [0.2, 0.25) is 0 Å². The molecular weight excluding hydrogens is 296 g/mol. The molecule has 0 heterocycles. The average molecular weight is 324 g/mol. The van der Waals surface area contributed by atoms with Crippen LogP contribution in [0.1, 0.15) is 64.2 Å². The molecule has 0 atom stereocenters. The van der Waals surface area contributed by atoms with E-state index in [2.05, 4.69) is 36.4 Å². The van der Waals surface area contributed by atoms with Gasteiger partial charge in [0.05, 0.1) is 12.2 Å². The van der Waals surface area contributed by atoms with E-state index in [1.54, 1.807) is 0 Å². The Hall–Kier alpha value is -1.70. The summed E-state index contributed by atoms with van der Waals surface area (Å²) in [4.78, 5) is 0. The molecule has 2 aliphatic carbocycles. The van der Waals surface area contributed by atoms with Crippen LogP contribution >= 0.6 is 0 Å². The van der Waals surface area contributed by atoms with E-state index in [0.717, 1.165) is 11.5 Å². The highest BCUT2D eigenvalue weighted by atomic mass is 16.5. The van der Waals surface area contributed by atoms with Crippen LogP contribution in [0, 0.1) is 0 Å². The second kappa shape index (κ2) is 7.46. The minimum absolute atomic E-state index is 0.408. The van der Waals surface area contributed by atoms with Crippen molar-refractivity contribution >= 4 is 10.8 Å². The van der Waals surface area contributed by atoms with E-state index in [0.29, 0.717) is 12.2 Å². The molecule has 0 spiro atoms. The fraction of sp³-hybridized carbons (Fsp3) is 0.545. The van der Waals surface area contributed by atoms with Crippen molar-refractivity contribution in [3.05, 3.63) is 36.4 Å². The second-order valence-corrected chi connectivity index (χ2v) is 7.43. The highest BCUT2D eigenvalue weighted by Gasteiger charge is 2.16. The molecule has 0 radical (unpaired) electrons. The van der Waals surface area contributed by atoms with Gasteiger partial charge in [-0.05, 0) is 86.4 Å². The summed E-state index contributed by atoms with van der Waals surface area (Å²) in [5.74, 6) is 2.02. The first-order valence-electron chi connectivity index (χ1n) is 9.74. The molecule has 24 heavy (non-hydrogen) atoms. The molecule has 0 amide bonds. The Morgan fingerprint density at radius 1 is 0.542 bits per heavy atom.